The van der Waals surface area contributed by atoms with Crippen molar-refractivity contribution in [3.8, 4) is 0 Å². The summed E-state index contributed by atoms with van der Waals surface area (Å²) >= 11 is 0. The molecule has 0 radical (unpaired) electrons. The summed E-state index contributed by atoms with van der Waals surface area (Å²) in [6, 6.07) is 1.86. The summed E-state index contributed by atoms with van der Waals surface area (Å²) in [4.78, 5) is 15.8. The van der Waals surface area contributed by atoms with E-state index in [-0.39, 0.29) is 30.7 Å². The molecule has 2 N–H and O–H groups in total. The largest absolute Gasteiger partial charge is 0.338 e. The third-order valence-electron chi connectivity index (χ3n) is 3.04. The molecule has 18 heavy (non-hydrogen) atoms. The molecule has 0 bridgehead atoms. The van der Waals surface area contributed by atoms with Crippen LogP contribution in [0, 0.1) is 0 Å². The first-order valence-corrected chi connectivity index (χ1v) is 4.98. The minimum atomic E-state index is -0.512. The predicted octanol–water partition coefficient (Wildman–Crippen LogP) is 1.66. The molecule has 0 aromatic carbocycles. The molecule has 1 aliphatic rings. The third-order valence-corrected chi connectivity index (χ3v) is 3.04. The lowest BCUT2D eigenvalue weighted by atomic mass is 9.88. The Kier molecular flexibility index (Phi) is 3.98. The van der Waals surface area contributed by atoms with E-state index in [0.717, 1.165) is 11.1 Å². The van der Waals surface area contributed by atoms with E-state index in [1.807, 2.05) is 13.0 Å². The molecule has 1 unspecified atom stereocenters. The van der Waals surface area contributed by atoms with Crippen molar-refractivity contribution in [3.63, 3.8) is 0 Å². The summed E-state index contributed by atoms with van der Waals surface area (Å²) in [5.74, 6) is -0.0909. The van der Waals surface area contributed by atoms with Crippen LogP contribution in [0.1, 0.15) is 28.4 Å². The first-order chi connectivity index (χ1) is 7.72. The van der Waals surface area contributed by atoms with E-state index in [1.165, 1.54) is 0 Å². The molecule has 0 aliphatic carbocycles. The molecule has 1 amide bonds. The van der Waals surface area contributed by atoms with Crippen LogP contribution >= 0.6 is 24.8 Å². The smallest absolute Gasteiger partial charge is 0.254 e. The number of rotatable bonds is 1. The molecule has 0 fully saturated rings. The number of fused-ring (bicyclic) bond motifs is 1. The van der Waals surface area contributed by atoms with Crippen LogP contribution in [0.4, 0.5) is 0 Å². The van der Waals surface area contributed by atoms with Crippen molar-refractivity contribution in [2.45, 2.75) is 12.5 Å². The molecule has 2 aromatic rings. The first kappa shape index (κ1) is 14.5. The van der Waals surface area contributed by atoms with Gasteiger partial charge in [0, 0.05) is 24.2 Å². The molecular formula is C11H12Cl2N4O. The highest BCUT2D eigenvalue weighted by atomic mass is 35.5. The molecule has 2 aromatic heterocycles. The SMILES string of the molecule is CC1(c2cn[nH]c2)NC(=O)c2cnccc21.Cl.Cl. The summed E-state index contributed by atoms with van der Waals surface area (Å²) in [7, 11) is 0. The number of halogens is 2. The van der Waals surface area contributed by atoms with Crippen molar-refractivity contribution < 1.29 is 4.79 Å². The van der Waals surface area contributed by atoms with Crippen LogP contribution in [-0.4, -0.2) is 21.1 Å². The number of aromatic nitrogens is 3. The summed E-state index contributed by atoms with van der Waals surface area (Å²) < 4.78 is 0. The summed E-state index contributed by atoms with van der Waals surface area (Å²) in [5, 5.41) is 9.64. The van der Waals surface area contributed by atoms with Gasteiger partial charge < -0.3 is 5.32 Å². The molecule has 0 spiro atoms. The van der Waals surface area contributed by atoms with Crippen LogP contribution < -0.4 is 5.32 Å². The number of carbonyl (C=O) groups is 1. The van der Waals surface area contributed by atoms with Crippen molar-refractivity contribution in [1.29, 1.82) is 0 Å². The Morgan fingerprint density at radius 2 is 2.06 bits per heavy atom. The minimum Gasteiger partial charge on any atom is -0.338 e. The van der Waals surface area contributed by atoms with E-state index in [1.54, 1.807) is 24.8 Å². The first-order valence-electron chi connectivity index (χ1n) is 4.98. The average Bonchev–Trinajstić information content (AvgIpc) is 2.89. The summed E-state index contributed by atoms with van der Waals surface area (Å²) in [6.45, 7) is 1.96. The lowest BCUT2D eigenvalue weighted by molar-refractivity contribution is 0.0944. The lowest BCUT2D eigenvalue weighted by Gasteiger charge is -2.23. The molecule has 1 aliphatic heterocycles. The molecule has 0 saturated heterocycles. The van der Waals surface area contributed by atoms with E-state index in [9.17, 15) is 4.79 Å². The Morgan fingerprint density at radius 1 is 1.28 bits per heavy atom. The molecule has 3 rings (SSSR count). The Bertz CT molecular complexity index is 558. The van der Waals surface area contributed by atoms with Gasteiger partial charge >= 0.3 is 0 Å². The van der Waals surface area contributed by atoms with Gasteiger partial charge in [-0.05, 0) is 18.6 Å². The van der Waals surface area contributed by atoms with Crippen LogP contribution in [0.3, 0.4) is 0 Å². The molecule has 1 atom stereocenters. The normalized spacial score (nSPS) is 20.4. The predicted molar refractivity (Wildman–Crippen MR) is 71.2 cm³/mol. The van der Waals surface area contributed by atoms with Crippen LogP contribution in [0.15, 0.2) is 30.9 Å². The molecular weight excluding hydrogens is 275 g/mol. The molecule has 5 nitrogen and oxygen atoms in total. The van der Waals surface area contributed by atoms with Crippen molar-refractivity contribution in [1.82, 2.24) is 20.5 Å². The van der Waals surface area contributed by atoms with Crippen molar-refractivity contribution in [3.05, 3.63) is 47.5 Å². The van der Waals surface area contributed by atoms with E-state index in [0.29, 0.717) is 5.56 Å². The van der Waals surface area contributed by atoms with Gasteiger partial charge in [-0.25, -0.2) is 0 Å². The number of aromatic amines is 1. The molecule has 96 valence electrons. The number of H-pyrrole nitrogens is 1. The Labute approximate surface area is 116 Å². The minimum absolute atomic E-state index is 0. The van der Waals surface area contributed by atoms with Gasteiger partial charge in [-0.15, -0.1) is 24.8 Å². The van der Waals surface area contributed by atoms with Gasteiger partial charge in [0.05, 0.1) is 17.3 Å². The van der Waals surface area contributed by atoms with E-state index >= 15 is 0 Å². The van der Waals surface area contributed by atoms with Crippen molar-refractivity contribution in [2.75, 3.05) is 0 Å². The zero-order valence-corrected chi connectivity index (χ0v) is 11.1. The number of hydrogen-bond donors (Lipinski definition) is 2. The van der Waals surface area contributed by atoms with Crippen LogP contribution in [0.25, 0.3) is 0 Å². The van der Waals surface area contributed by atoms with Gasteiger partial charge in [-0.3, -0.25) is 14.9 Å². The highest BCUT2D eigenvalue weighted by Gasteiger charge is 2.40. The molecule has 7 heteroatoms. The fourth-order valence-corrected chi connectivity index (χ4v) is 2.13. The second-order valence-electron chi connectivity index (χ2n) is 3.99. The number of hydrogen-bond acceptors (Lipinski definition) is 3. The quantitative estimate of drug-likeness (QED) is 0.838. The monoisotopic (exact) mass is 286 g/mol. The summed E-state index contributed by atoms with van der Waals surface area (Å²) in [5.41, 5.74) is 1.99. The van der Waals surface area contributed by atoms with Crippen LogP contribution in [0.5, 0.6) is 0 Å². The van der Waals surface area contributed by atoms with Crippen LogP contribution in [0.2, 0.25) is 0 Å². The summed E-state index contributed by atoms with van der Waals surface area (Å²) in [6.07, 6.45) is 6.79. The van der Waals surface area contributed by atoms with Gasteiger partial charge in [-0.1, -0.05) is 0 Å². The zero-order chi connectivity index (χ0) is 11.2. The number of nitrogens with zero attached hydrogens (tertiary/aromatic N) is 2. The zero-order valence-electron chi connectivity index (χ0n) is 9.51. The maximum absolute atomic E-state index is 11.8. The second-order valence-corrected chi connectivity index (χ2v) is 3.99. The number of nitrogens with one attached hydrogen (secondary N) is 2. The van der Waals surface area contributed by atoms with E-state index in [2.05, 4.69) is 20.5 Å². The molecule has 0 saturated carbocycles. The molecule has 3 heterocycles. The van der Waals surface area contributed by atoms with E-state index in [4.69, 9.17) is 0 Å². The highest BCUT2D eigenvalue weighted by Crippen LogP contribution is 2.35. The van der Waals surface area contributed by atoms with E-state index < -0.39 is 5.54 Å². The van der Waals surface area contributed by atoms with Gasteiger partial charge in [0.15, 0.2) is 0 Å². The van der Waals surface area contributed by atoms with Gasteiger partial charge in [0.1, 0.15) is 0 Å². The highest BCUT2D eigenvalue weighted by molar-refractivity contribution is 6.00. The maximum Gasteiger partial charge on any atom is 0.254 e. The Balaban J connectivity index is 0.000000810. The Morgan fingerprint density at radius 3 is 2.72 bits per heavy atom. The van der Waals surface area contributed by atoms with Crippen molar-refractivity contribution in [2.24, 2.45) is 0 Å². The number of amides is 1. The maximum atomic E-state index is 11.8. The fraction of sp³-hybridized carbons (Fsp3) is 0.182. The number of pyridine rings is 1. The topological polar surface area (TPSA) is 70.7 Å². The lowest BCUT2D eigenvalue weighted by Crippen LogP contribution is -2.36. The third kappa shape index (κ3) is 1.85. The van der Waals surface area contributed by atoms with Crippen molar-refractivity contribution >= 4 is 30.7 Å². The standard InChI is InChI=1S/C11H10N4O.2ClH/c1-11(7-4-13-14-5-7)9-2-3-12-6-8(9)10(16)15-11;;/h2-6H,1H3,(H,13,14)(H,15,16);2*1H. The van der Waals surface area contributed by atoms with Gasteiger partial charge in [-0.2, -0.15) is 5.10 Å². The second kappa shape index (κ2) is 4.96. The van der Waals surface area contributed by atoms with Gasteiger partial charge in [0.25, 0.3) is 5.91 Å². The average molecular weight is 287 g/mol. The number of carbonyl (C=O) groups excluding carboxylic acids is 1. The fourth-order valence-electron chi connectivity index (χ4n) is 2.13. The Hall–Kier alpha value is -1.59. The van der Waals surface area contributed by atoms with Gasteiger partial charge in [0.2, 0.25) is 0 Å². The van der Waals surface area contributed by atoms with Crippen LogP contribution in [-0.2, 0) is 5.54 Å².